The lowest BCUT2D eigenvalue weighted by atomic mass is 10.1. The van der Waals surface area contributed by atoms with Crippen LogP contribution < -0.4 is 0 Å². The first-order valence-corrected chi connectivity index (χ1v) is 4.78. The van der Waals surface area contributed by atoms with Crippen molar-refractivity contribution in [2.24, 2.45) is 0 Å². The summed E-state index contributed by atoms with van der Waals surface area (Å²) < 4.78 is 9.59. The Kier molecular flexibility index (Phi) is 2.72. The number of furan rings is 1. The van der Waals surface area contributed by atoms with E-state index in [9.17, 15) is 9.59 Å². The van der Waals surface area contributed by atoms with Crippen molar-refractivity contribution >= 4 is 22.7 Å². The third kappa shape index (κ3) is 1.95. The number of carbonyl (C=O) groups excluding carboxylic acids is 2. The fourth-order valence-electron chi connectivity index (χ4n) is 1.45. The van der Waals surface area contributed by atoms with E-state index < -0.39 is 5.97 Å². The number of rotatable bonds is 3. The average Bonchev–Trinajstić information content (AvgIpc) is 2.75. The normalized spacial score (nSPS) is 10.3. The van der Waals surface area contributed by atoms with Crippen LogP contribution in [0.2, 0.25) is 0 Å². The zero-order chi connectivity index (χ0) is 11.5. The minimum atomic E-state index is -0.530. The van der Waals surface area contributed by atoms with Gasteiger partial charge in [-0.15, -0.1) is 0 Å². The molecule has 0 aliphatic heterocycles. The zero-order valence-electron chi connectivity index (χ0n) is 8.73. The second-order valence-electron chi connectivity index (χ2n) is 3.35. The van der Waals surface area contributed by atoms with Gasteiger partial charge in [0.15, 0.2) is 5.78 Å². The maximum absolute atomic E-state index is 11.6. The molecule has 0 N–H and O–H groups in total. The van der Waals surface area contributed by atoms with Crippen LogP contribution in [0.15, 0.2) is 34.9 Å². The molecule has 2 aromatic rings. The van der Waals surface area contributed by atoms with Crippen LogP contribution in [-0.4, -0.2) is 18.9 Å². The van der Waals surface area contributed by atoms with E-state index in [0.29, 0.717) is 5.56 Å². The molecule has 0 saturated carbocycles. The molecule has 0 aliphatic carbocycles. The van der Waals surface area contributed by atoms with Crippen molar-refractivity contribution in [2.45, 2.75) is 6.42 Å². The fraction of sp³-hybridized carbons (Fsp3) is 0.167. The van der Waals surface area contributed by atoms with Crippen LogP contribution in [0.3, 0.4) is 0 Å². The molecule has 0 fully saturated rings. The zero-order valence-corrected chi connectivity index (χ0v) is 8.73. The number of Topliss-reactive ketones (excluding diaryl/α,β-unsaturated/α-hetero) is 1. The molecule has 0 radical (unpaired) electrons. The highest BCUT2D eigenvalue weighted by Gasteiger charge is 2.12. The average molecular weight is 218 g/mol. The standard InChI is InChI=1S/C12H10O4/c1-15-12(14)7-10(13)8-2-3-11-9(6-8)4-5-16-11/h2-6H,7H2,1H3. The Hall–Kier alpha value is -2.10. The highest BCUT2D eigenvalue weighted by atomic mass is 16.5. The Labute approximate surface area is 91.8 Å². The van der Waals surface area contributed by atoms with E-state index in [-0.39, 0.29) is 12.2 Å². The Balaban J connectivity index is 2.25. The third-order valence-electron chi connectivity index (χ3n) is 2.31. The monoisotopic (exact) mass is 218 g/mol. The Morgan fingerprint density at radius 1 is 1.31 bits per heavy atom. The number of fused-ring (bicyclic) bond motifs is 1. The van der Waals surface area contributed by atoms with E-state index in [2.05, 4.69) is 4.74 Å². The number of hydrogen-bond acceptors (Lipinski definition) is 4. The molecular formula is C12H10O4. The van der Waals surface area contributed by atoms with E-state index in [1.54, 1.807) is 30.5 Å². The van der Waals surface area contributed by atoms with Crippen LogP contribution >= 0.6 is 0 Å². The van der Waals surface area contributed by atoms with Crippen LogP contribution in [-0.2, 0) is 9.53 Å². The third-order valence-corrected chi connectivity index (χ3v) is 2.31. The molecule has 0 aliphatic rings. The molecule has 0 saturated heterocycles. The summed E-state index contributed by atoms with van der Waals surface area (Å²) in [6.45, 7) is 0. The van der Waals surface area contributed by atoms with Gasteiger partial charge in [-0.2, -0.15) is 0 Å². The first-order chi connectivity index (χ1) is 7.70. The maximum atomic E-state index is 11.6. The number of hydrogen-bond donors (Lipinski definition) is 0. The summed E-state index contributed by atoms with van der Waals surface area (Å²) in [5.41, 5.74) is 1.20. The van der Waals surface area contributed by atoms with Crippen LogP contribution in [0.4, 0.5) is 0 Å². The molecule has 4 heteroatoms. The summed E-state index contributed by atoms with van der Waals surface area (Å²) in [7, 11) is 1.26. The van der Waals surface area contributed by atoms with Gasteiger partial charge in [0.05, 0.1) is 13.4 Å². The smallest absolute Gasteiger partial charge is 0.313 e. The second kappa shape index (κ2) is 4.18. The summed E-state index contributed by atoms with van der Waals surface area (Å²) in [5, 5.41) is 0.843. The predicted molar refractivity (Wildman–Crippen MR) is 57.2 cm³/mol. The molecule has 4 nitrogen and oxygen atoms in total. The lowest BCUT2D eigenvalue weighted by molar-refractivity contribution is -0.139. The Morgan fingerprint density at radius 3 is 2.88 bits per heavy atom. The first kappa shape index (κ1) is 10.4. The SMILES string of the molecule is COC(=O)CC(=O)c1ccc2occc2c1. The van der Waals surface area contributed by atoms with Gasteiger partial charge in [0.25, 0.3) is 0 Å². The second-order valence-corrected chi connectivity index (χ2v) is 3.35. The number of carbonyl (C=O) groups is 2. The lowest BCUT2D eigenvalue weighted by Gasteiger charge is -1.99. The highest BCUT2D eigenvalue weighted by molar-refractivity contribution is 6.07. The largest absolute Gasteiger partial charge is 0.469 e. The van der Waals surface area contributed by atoms with Gasteiger partial charge in [-0.05, 0) is 24.3 Å². The molecule has 0 bridgehead atoms. The van der Waals surface area contributed by atoms with Crippen molar-refractivity contribution in [3.8, 4) is 0 Å². The minimum Gasteiger partial charge on any atom is -0.469 e. The van der Waals surface area contributed by atoms with Gasteiger partial charge in [0, 0.05) is 10.9 Å². The van der Waals surface area contributed by atoms with Crippen LogP contribution in [0.1, 0.15) is 16.8 Å². The van der Waals surface area contributed by atoms with Crippen molar-refractivity contribution in [3.63, 3.8) is 0 Å². The van der Waals surface area contributed by atoms with Gasteiger partial charge in [-0.3, -0.25) is 9.59 Å². The number of benzene rings is 1. The summed E-state index contributed by atoms with van der Waals surface area (Å²) in [5.74, 6) is -0.785. The van der Waals surface area contributed by atoms with Gasteiger partial charge in [0.1, 0.15) is 12.0 Å². The molecule has 1 heterocycles. The van der Waals surface area contributed by atoms with Crippen molar-refractivity contribution < 1.29 is 18.7 Å². The van der Waals surface area contributed by atoms with E-state index >= 15 is 0 Å². The maximum Gasteiger partial charge on any atom is 0.313 e. The number of methoxy groups -OCH3 is 1. The number of ether oxygens (including phenoxy) is 1. The van der Waals surface area contributed by atoms with Crippen molar-refractivity contribution in [1.82, 2.24) is 0 Å². The van der Waals surface area contributed by atoms with Gasteiger partial charge < -0.3 is 9.15 Å². The van der Waals surface area contributed by atoms with E-state index in [1.165, 1.54) is 7.11 Å². The van der Waals surface area contributed by atoms with Gasteiger partial charge in [0.2, 0.25) is 0 Å². The molecule has 1 aromatic carbocycles. The predicted octanol–water partition coefficient (Wildman–Crippen LogP) is 2.18. The first-order valence-electron chi connectivity index (χ1n) is 4.78. The summed E-state index contributed by atoms with van der Waals surface area (Å²) >= 11 is 0. The fourth-order valence-corrected chi connectivity index (χ4v) is 1.45. The summed E-state index contributed by atoms with van der Waals surface area (Å²) in [6.07, 6.45) is 1.32. The molecule has 1 aromatic heterocycles. The molecule has 82 valence electrons. The topological polar surface area (TPSA) is 56.5 Å². The number of ketones is 1. The quantitative estimate of drug-likeness (QED) is 0.450. The van der Waals surface area contributed by atoms with E-state index in [4.69, 9.17) is 4.42 Å². The van der Waals surface area contributed by atoms with E-state index in [0.717, 1.165) is 11.0 Å². The Bertz CT molecular complexity index is 539. The van der Waals surface area contributed by atoms with Crippen molar-refractivity contribution in [1.29, 1.82) is 0 Å². The Morgan fingerprint density at radius 2 is 2.12 bits per heavy atom. The molecule has 16 heavy (non-hydrogen) atoms. The van der Waals surface area contributed by atoms with Gasteiger partial charge in [-0.25, -0.2) is 0 Å². The van der Waals surface area contributed by atoms with Gasteiger partial charge >= 0.3 is 5.97 Å². The molecule has 0 atom stereocenters. The molecule has 0 spiro atoms. The molecular weight excluding hydrogens is 208 g/mol. The lowest BCUT2D eigenvalue weighted by Crippen LogP contribution is -2.09. The minimum absolute atomic E-state index is 0.236. The van der Waals surface area contributed by atoms with Crippen molar-refractivity contribution in [2.75, 3.05) is 7.11 Å². The van der Waals surface area contributed by atoms with Crippen LogP contribution in [0, 0.1) is 0 Å². The van der Waals surface area contributed by atoms with Crippen molar-refractivity contribution in [3.05, 3.63) is 36.1 Å². The van der Waals surface area contributed by atoms with Crippen LogP contribution in [0.25, 0.3) is 11.0 Å². The number of esters is 1. The summed E-state index contributed by atoms with van der Waals surface area (Å²) in [6, 6.07) is 6.81. The highest BCUT2D eigenvalue weighted by Crippen LogP contribution is 2.17. The van der Waals surface area contributed by atoms with E-state index in [1.807, 2.05) is 0 Å². The summed E-state index contributed by atoms with van der Waals surface area (Å²) in [4.78, 5) is 22.6. The van der Waals surface area contributed by atoms with Gasteiger partial charge in [-0.1, -0.05) is 0 Å². The molecule has 0 amide bonds. The molecule has 2 rings (SSSR count). The molecule has 0 unspecified atom stereocenters. The van der Waals surface area contributed by atoms with Crippen LogP contribution in [0.5, 0.6) is 0 Å².